The highest BCUT2D eigenvalue weighted by Gasteiger charge is 2.15. The van der Waals surface area contributed by atoms with Gasteiger partial charge in [-0.25, -0.2) is 0 Å². The van der Waals surface area contributed by atoms with Crippen LogP contribution in [0.4, 0.5) is 0 Å². The summed E-state index contributed by atoms with van der Waals surface area (Å²) in [5.41, 5.74) is 0.916. The molecule has 0 fully saturated rings. The van der Waals surface area contributed by atoms with Gasteiger partial charge in [0.25, 0.3) is 0 Å². The largest absolute Gasteiger partial charge is 0.419 e. The summed E-state index contributed by atoms with van der Waals surface area (Å²) in [5, 5.41) is 11.2. The van der Waals surface area contributed by atoms with Gasteiger partial charge in [0.2, 0.25) is 11.8 Å². The Morgan fingerprint density at radius 3 is 2.88 bits per heavy atom. The van der Waals surface area contributed by atoms with Crippen LogP contribution in [0.2, 0.25) is 0 Å². The fourth-order valence-corrected chi connectivity index (χ4v) is 2.21. The summed E-state index contributed by atoms with van der Waals surface area (Å²) in [6.07, 6.45) is 0. The van der Waals surface area contributed by atoms with E-state index in [0.29, 0.717) is 11.8 Å². The van der Waals surface area contributed by atoms with Crippen molar-refractivity contribution in [1.29, 1.82) is 0 Å². The molecule has 0 aliphatic rings. The first-order chi connectivity index (χ1) is 8.11. The standard InChI is InChI=1S/C11H11BrIN3O/c1-6(14-2)10-15-16-11(17-10)8-5-7(13)3-4-9(8)12/h3-6,14H,1-2H3. The average molecular weight is 408 g/mol. The summed E-state index contributed by atoms with van der Waals surface area (Å²) in [5.74, 6) is 1.13. The maximum Gasteiger partial charge on any atom is 0.249 e. The third-order valence-corrected chi connectivity index (χ3v) is 3.77. The molecular weight excluding hydrogens is 397 g/mol. The molecule has 1 unspecified atom stereocenters. The van der Waals surface area contributed by atoms with Crippen molar-refractivity contribution in [3.8, 4) is 11.5 Å². The molecule has 0 spiro atoms. The lowest BCUT2D eigenvalue weighted by Gasteiger charge is -2.03. The Kier molecular flexibility index (Phi) is 4.16. The number of hydrogen-bond acceptors (Lipinski definition) is 4. The fourth-order valence-electron chi connectivity index (χ4n) is 1.30. The van der Waals surface area contributed by atoms with Crippen molar-refractivity contribution in [1.82, 2.24) is 15.5 Å². The highest BCUT2D eigenvalue weighted by atomic mass is 127. The van der Waals surface area contributed by atoms with E-state index in [-0.39, 0.29) is 6.04 Å². The molecule has 1 aromatic carbocycles. The number of nitrogens with one attached hydrogen (secondary N) is 1. The Morgan fingerprint density at radius 2 is 2.18 bits per heavy atom. The van der Waals surface area contributed by atoms with Gasteiger partial charge < -0.3 is 9.73 Å². The van der Waals surface area contributed by atoms with Crippen LogP contribution < -0.4 is 5.32 Å². The molecule has 0 aliphatic carbocycles. The molecular formula is C11H11BrIN3O. The van der Waals surface area contributed by atoms with E-state index in [1.807, 2.05) is 32.2 Å². The first kappa shape index (κ1) is 13.0. The highest BCUT2D eigenvalue weighted by Crippen LogP contribution is 2.29. The van der Waals surface area contributed by atoms with Gasteiger partial charge in [-0.05, 0) is 70.7 Å². The molecule has 17 heavy (non-hydrogen) atoms. The second kappa shape index (κ2) is 5.45. The molecule has 2 rings (SSSR count). The van der Waals surface area contributed by atoms with Gasteiger partial charge in [-0.1, -0.05) is 0 Å². The Morgan fingerprint density at radius 1 is 1.41 bits per heavy atom. The number of halogens is 2. The Labute approximate surface area is 121 Å². The Balaban J connectivity index is 2.40. The molecule has 0 bridgehead atoms. The Hall–Kier alpha value is -0.470. The second-order valence-corrected chi connectivity index (χ2v) is 5.68. The zero-order chi connectivity index (χ0) is 12.4. The monoisotopic (exact) mass is 407 g/mol. The third-order valence-electron chi connectivity index (χ3n) is 2.40. The number of rotatable bonds is 3. The van der Waals surface area contributed by atoms with Crippen LogP contribution in [0.1, 0.15) is 18.9 Å². The minimum Gasteiger partial charge on any atom is -0.419 e. The maximum atomic E-state index is 5.64. The zero-order valence-electron chi connectivity index (χ0n) is 9.37. The van der Waals surface area contributed by atoms with E-state index >= 15 is 0 Å². The van der Waals surface area contributed by atoms with Crippen molar-refractivity contribution in [2.75, 3.05) is 7.05 Å². The third kappa shape index (κ3) is 2.86. The van der Waals surface area contributed by atoms with E-state index in [9.17, 15) is 0 Å². The first-order valence-electron chi connectivity index (χ1n) is 5.08. The van der Waals surface area contributed by atoms with Gasteiger partial charge in [0, 0.05) is 8.04 Å². The first-order valence-corrected chi connectivity index (χ1v) is 6.95. The zero-order valence-corrected chi connectivity index (χ0v) is 13.1. The van der Waals surface area contributed by atoms with E-state index in [4.69, 9.17) is 4.42 Å². The van der Waals surface area contributed by atoms with Crippen LogP contribution in [-0.2, 0) is 0 Å². The van der Waals surface area contributed by atoms with Crippen LogP contribution in [0, 0.1) is 3.57 Å². The van der Waals surface area contributed by atoms with Gasteiger partial charge in [0.05, 0.1) is 11.6 Å². The van der Waals surface area contributed by atoms with Gasteiger partial charge >= 0.3 is 0 Å². The Bertz CT molecular complexity index is 529. The summed E-state index contributed by atoms with van der Waals surface area (Å²) < 4.78 is 7.72. The summed E-state index contributed by atoms with van der Waals surface area (Å²) in [4.78, 5) is 0. The molecule has 1 aromatic heterocycles. The van der Waals surface area contributed by atoms with Crippen LogP contribution >= 0.6 is 38.5 Å². The summed E-state index contributed by atoms with van der Waals surface area (Å²) in [6, 6.07) is 6.05. The predicted octanol–water partition coefficient (Wildman–Crippen LogP) is 3.38. The van der Waals surface area contributed by atoms with E-state index in [1.165, 1.54) is 0 Å². The molecule has 1 N–H and O–H groups in total. The molecule has 2 aromatic rings. The number of hydrogen-bond donors (Lipinski definition) is 1. The van der Waals surface area contributed by atoms with Crippen molar-refractivity contribution >= 4 is 38.5 Å². The van der Waals surface area contributed by atoms with Crippen molar-refractivity contribution in [2.24, 2.45) is 0 Å². The van der Waals surface area contributed by atoms with Gasteiger partial charge in [-0.3, -0.25) is 0 Å². The summed E-state index contributed by atoms with van der Waals surface area (Å²) in [7, 11) is 1.86. The van der Waals surface area contributed by atoms with E-state index < -0.39 is 0 Å². The normalized spacial score (nSPS) is 12.7. The average Bonchev–Trinajstić information content (AvgIpc) is 2.80. The molecule has 0 saturated heterocycles. The van der Waals surface area contributed by atoms with Crippen molar-refractivity contribution in [3.63, 3.8) is 0 Å². The summed E-state index contributed by atoms with van der Waals surface area (Å²) in [6.45, 7) is 1.97. The highest BCUT2D eigenvalue weighted by molar-refractivity contribution is 14.1. The smallest absolute Gasteiger partial charge is 0.249 e. The van der Waals surface area contributed by atoms with Crippen LogP contribution in [-0.4, -0.2) is 17.2 Å². The number of nitrogens with zero attached hydrogens (tertiary/aromatic N) is 2. The molecule has 0 radical (unpaired) electrons. The molecule has 0 saturated carbocycles. The maximum absolute atomic E-state index is 5.64. The van der Waals surface area contributed by atoms with Crippen LogP contribution in [0.3, 0.4) is 0 Å². The summed E-state index contributed by atoms with van der Waals surface area (Å²) >= 11 is 5.74. The number of aromatic nitrogens is 2. The van der Waals surface area contributed by atoms with Gasteiger partial charge in [0.15, 0.2) is 0 Å². The molecule has 1 atom stereocenters. The van der Waals surface area contributed by atoms with E-state index in [1.54, 1.807) is 0 Å². The lowest BCUT2D eigenvalue weighted by atomic mass is 10.2. The predicted molar refractivity (Wildman–Crippen MR) is 77.6 cm³/mol. The second-order valence-electron chi connectivity index (χ2n) is 3.58. The minimum absolute atomic E-state index is 0.0535. The van der Waals surface area contributed by atoms with Crippen molar-refractivity contribution in [2.45, 2.75) is 13.0 Å². The van der Waals surface area contributed by atoms with Gasteiger partial charge in [-0.2, -0.15) is 0 Å². The van der Waals surface area contributed by atoms with Crippen molar-refractivity contribution in [3.05, 3.63) is 32.1 Å². The molecule has 4 nitrogen and oxygen atoms in total. The SMILES string of the molecule is CNC(C)c1nnc(-c2cc(I)ccc2Br)o1. The lowest BCUT2D eigenvalue weighted by Crippen LogP contribution is -2.12. The lowest BCUT2D eigenvalue weighted by molar-refractivity contribution is 0.441. The van der Waals surface area contributed by atoms with E-state index in [2.05, 4.69) is 54.0 Å². The van der Waals surface area contributed by atoms with Crippen LogP contribution in [0.25, 0.3) is 11.5 Å². The minimum atomic E-state index is 0.0535. The molecule has 0 amide bonds. The van der Waals surface area contributed by atoms with Crippen LogP contribution in [0.15, 0.2) is 27.1 Å². The van der Waals surface area contributed by atoms with Gasteiger partial charge in [-0.15, -0.1) is 10.2 Å². The van der Waals surface area contributed by atoms with E-state index in [0.717, 1.165) is 13.6 Å². The molecule has 0 aliphatic heterocycles. The topological polar surface area (TPSA) is 51.0 Å². The van der Waals surface area contributed by atoms with Gasteiger partial charge in [0.1, 0.15) is 0 Å². The number of benzene rings is 1. The van der Waals surface area contributed by atoms with Crippen molar-refractivity contribution < 1.29 is 4.42 Å². The fraction of sp³-hybridized carbons (Fsp3) is 0.273. The molecule has 90 valence electrons. The molecule has 6 heteroatoms. The van der Waals surface area contributed by atoms with Crippen LogP contribution in [0.5, 0.6) is 0 Å². The molecule has 1 heterocycles. The quantitative estimate of drug-likeness (QED) is 0.792.